The van der Waals surface area contributed by atoms with Gasteiger partial charge in [0.05, 0.1) is 30.5 Å². The highest BCUT2D eigenvalue weighted by atomic mass is 16.5. The number of H-pyrrole nitrogens is 1. The summed E-state index contributed by atoms with van der Waals surface area (Å²) >= 11 is 0. The van der Waals surface area contributed by atoms with Gasteiger partial charge in [0, 0.05) is 5.56 Å². The second-order valence-electron chi connectivity index (χ2n) is 4.06. The Labute approximate surface area is 121 Å². The van der Waals surface area contributed by atoms with E-state index in [2.05, 4.69) is 15.4 Å². The third-order valence-corrected chi connectivity index (χ3v) is 2.72. The number of esters is 2. The van der Waals surface area contributed by atoms with E-state index in [0.717, 1.165) is 0 Å². The molecule has 110 valence electrons. The van der Waals surface area contributed by atoms with Crippen molar-refractivity contribution in [2.45, 2.75) is 13.8 Å². The molecular formula is C14H15N3O4. The predicted octanol–water partition coefficient (Wildman–Crippen LogP) is 1.83. The van der Waals surface area contributed by atoms with Gasteiger partial charge < -0.3 is 9.47 Å². The van der Waals surface area contributed by atoms with E-state index in [4.69, 9.17) is 9.47 Å². The van der Waals surface area contributed by atoms with E-state index in [0.29, 0.717) is 22.4 Å². The zero-order chi connectivity index (χ0) is 15.2. The van der Waals surface area contributed by atoms with Crippen LogP contribution in [0.5, 0.6) is 0 Å². The van der Waals surface area contributed by atoms with E-state index in [1.54, 1.807) is 19.9 Å². The molecule has 0 radical (unpaired) electrons. The zero-order valence-corrected chi connectivity index (χ0v) is 11.8. The molecule has 0 bridgehead atoms. The Kier molecular flexibility index (Phi) is 4.65. The van der Waals surface area contributed by atoms with Crippen molar-refractivity contribution in [3.8, 4) is 11.3 Å². The van der Waals surface area contributed by atoms with Gasteiger partial charge in [0.15, 0.2) is 0 Å². The molecule has 0 aliphatic heterocycles. The second kappa shape index (κ2) is 6.65. The number of aromatic nitrogens is 3. The normalized spacial score (nSPS) is 10.2. The summed E-state index contributed by atoms with van der Waals surface area (Å²) in [5.74, 6) is -0.941. The summed E-state index contributed by atoms with van der Waals surface area (Å²) < 4.78 is 9.95. The summed E-state index contributed by atoms with van der Waals surface area (Å²) in [7, 11) is 0. The minimum Gasteiger partial charge on any atom is -0.462 e. The molecule has 0 aliphatic carbocycles. The molecule has 0 aliphatic rings. The number of nitrogens with zero attached hydrogens (tertiary/aromatic N) is 2. The zero-order valence-electron chi connectivity index (χ0n) is 11.8. The molecule has 0 unspecified atom stereocenters. The Hall–Kier alpha value is -2.70. The van der Waals surface area contributed by atoms with Crippen molar-refractivity contribution in [2.24, 2.45) is 0 Å². The van der Waals surface area contributed by atoms with Crippen molar-refractivity contribution in [1.82, 2.24) is 15.4 Å². The first-order valence-corrected chi connectivity index (χ1v) is 6.51. The van der Waals surface area contributed by atoms with Crippen LogP contribution in [0.3, 0.4) is 0 Å². The molecule has 7 heteroatoms. The van der Waals surface area contributed by atoms with Crippen LogP contribution in [-0.4, -0.2) is 40.6 Å². The first kappa shape index (κ1) is 14.7. The van der Waals surface area contributed by atoms with E-state index in [9.17, 15) is 9.59 Å². The van der Waals surface area contributed by atoms with Crippen molar-refractivity contribution in [3.05, 3.63) is 35.5 Å². The Morgan fingerprint density at radius 2 is 1.86 bits per heavy atom. The molecule has 0 spiro atoms. The molecule has 0 saturated heterocycles. The number of carbonyl (C=O) groups excluding carboxylic acids is 2. The summed E-state index contributed by atoms with van der Waals surface area (Å²) in [5, 5.41) is 10.1. The molecule has 2 aromatic rings. The SMILES string of the molecule is CCOC(=O)c1ccc(C(=O)OCC)c(-c2cn[nH]n2)c1. The van der Waals surface area contributed by atoms with E-state index < -0.39 is 11.9 Å². The lowest BCUT2D eigenvalue weighted by atomic mass is 10.0. The molecule has 1 heterocycles. The molecule has 2 rings (SSSR count). The van der Waals surface area contributed by atoms with Crippen LogP contribution < -0.4 is 0 Å². The molecular weight excluding hydrogens is 274 g/mol. The second-order valence-corrected chi connectivity index (χ2v) is 4.06. The first-order valence-electron chi connectivity index (χ1n) is 6.51. The fraction of sp³-hybridized carbons (Fsp3) is 0.286. The number of rotatable bonds is 5. The lowest BCUT2D eigenvalue weighted by Gasteiger charge is -2.09. The first-order chi connectivity index (χ1) is 10.2. The third-order valence-electron chi connectivity index (χ3n) is 2.72. The molecule has 0 atom stereocenters. The molecule has 21 heavy (non-hydrogen) atoms. The number of benzene rings is 1. The maximum absolute atomic E-state index is 12.0. The number of carbonyl (C=O) groups is 2. The minimum atomic E-state index is -0.481. The van der Waals surface area contributed by atoms with Gasteiger partial charge in [-0.15, -0.1) is 0 Å². The van der Waals surface area contributed by atoms with E-state index in [1.165, 1.54) is 18.3 Å². The van der Waals surface area contributed by atoms with Crippen LogP contribution in [0.15, 0.2) is 24.4 Å². The topological polar surface area (TPSA) is 94.2 Å². The number of hydrogen-bond donors (Lipinski definition) is 1. The Morgan fingerprint density at radius 1 is 1.14 bits per heavy atom. The van der Waals surface area contributed by atoms with Gasteiger partial charge in [0.25, 0.3) is 0 Å². The predicted molar refractivity (Wildman–Crippen MR) is 73.7 cm³/mol. The standard InChI is InChI=1S/C14H15N3O4/c1-3-20-13(18)9-5-6-10(14(19)21-4-2)11(7-9)12-8-15-17-16-12/h5-8H,3-4H2,1-2H3,(H,15,16,17). The van der Waals surface area contributed by atoms with Gasteiger partial charge in [0.2, 0.25) is 0 Å². The lowest BCUT2D eigenvalue weighted by Crippen LogP contribution is -2.09. The Balaban J connectivity index is 2.47. The average Bonchev–Trinajstić information content (AvgIpc) is 3.01. The van der Waals surface area contributed by atoms with Gasteiger partial charge in [-0.1, -0.05) is 0 Å². The average molecular weight is 289 g/mol. The third kappa shape index (κ3) is 3.25. The summed E-state index contributed by atoms with van der Waals surface area (Å²) in [5.41, 5.74) is 1.57. The molecule has 0 amide bonds. The summed E-state index contributed by atoms with van der Waals surface area (Å²) in [6.45, 7) is 3.98. The minimum absolute atomic E-state index is 0.261. The van der Waals surface area contributed by atoms with Crippen LogP contribution in [0.25, 0.3) is 11.3 Å². The van der Waals surface area contributed by atoms with Crippen LogP contribution in [0, 0.1) is 0 Å². The Bertz CT molecular complexity index is 638. The van der Waals surface area contributed by atoms with E-state index in [1.807, 2.05) is 0 Å². The van der Waals surface area contributed by atoms with E-state index in [-0.39, 0.29) is 13.2 Å². The van der Waals surface area contributed by atoms with Crippen molar-refractivity contribution in [1.29, 1.82) is 0 Å². The van der Waals surface area contributed by atoms with Crippen LogP contribution >= 0.6 is 0 Å². The fourth-order valence-electron chi connectivity index (χ4n) is 1.82. The largest absolute Gasteiger partial charge is 0.462 e. The van der Waals surface area contributed by atoms with Crippen molar-refractivity contribution < 1.29 is 19.1 Å². The van der Waals surface area contributed by atoms with Gasteiger partial charge >= 0.3 is 11.9 Å². The van der Waals surface area contributed by atoms with Gasteiger partial charge in [0.1, 0.15) is 5.69 Å². The molecule has 1 aromatic carbocycles. The summed E-state index contributed by atoms with van der Waals surface area (Å²) in [6.07, 6.45) is 1.47. The van der Waals surface area contributed by atoms with Gasteiger partial charge in [-0.3, -0.25) is 0 Å². The number of hydrogen-bond acceptors (Lipinski definition) is 6. The van der Waals surface area contributed by atoms with Gasteiger partial charge in [-0.25, -0.2) is 9.59 Å². The molecule has 0 fully saturated rings. The van der Waals surface area contributed by atoms with E-state index >= 15 is 0 Å². The van der Waals surface area contributed by atoms with Crippen molar-refractivity contribution in [3.63, 3.8) is 0 Å². The quantitative estimate of drug-likeness (QED) is 0.844. The number of nitrogens with one attached hydrogen (secondary N) is 1. The fourth-order valence-corrected chi connectivity index (χ4v) is 1.82. The maximum atomic E-state index is 12.0. The molecule has 0 saturated carbocycles. The number of ether oxygens (including phenoxy) is 2. The monoisotopic (exact) mass is 289 g/mol. The molecule has 7 nitrogen and oxygen atoms in total. The van der Waals surface area contributed by atoms with Crippen LogP contribution in [0.4, 0.5) is 0 Å². The summed E-state index contributed by atoms with van der Waals surface area (Å²) in [4.78, 5) is 23.8. The lowest BCUT2D eigenvalue weighted by molar-refractivity contribution is 0.0512. The molecule has 1 aromatic heterocycles. The molecule has 1 N–H and O–H groups in total. The highest BCUT2D eigenvalue weighted by Crippen LogP contribution is 2.24. The van der Waals surface area contributed by atoms with Crippen molar-refractivity contribution in [2.75, 3.05) is 13.2 Å². The van der Waals surface area contributed by atoms with Gasteiger partial charge in [-0.2, -0.15) is 15.4 Å². The highest BCUT2D eigenvalue weighted by Gasteiger charge is 2.18. The van der Waals surface area contributed by atoms with Crippen LogP contribution in [0.2, 0.25) is 0 Å². The number of aromatic amines is 1. The van der Waals surface area contributed by atoms with Crippen LogP contribution in [-0.2, 0) is 9.47 Å². The summed E-state index contributed by atoms with van der Waals surface area (Å²) in [6, 6.07) is 4.59. The van der Waals surface area contributed by atoms with Crippen molar-refractivity contribution >= 4 is 11.9 Å². The smallest absolute Gasteiger partial charge is 0.338 e. The highest BCUT2D eigenvalue weighted by molar-refractivity contribution is 5.99. The van der Waals surface area contributed by atoms with Crippen LogP contribution in [0.1, 0.15) is 34.6 Å². The Morgan fingerprint density at radius 3 is 2.48 bits per heavy atom. The van der Waals surface area contributed by atoms with Gasteiger partial charge in [-0.05, 0) is 32.0 Å². The maximum Gasteiger partial charge on any atom is 0.338 e.